The summed E-state index contributed by atoms with van der Waals surface area (Å²) in [7, 11) is 0. The van der Waals surface area contributed by atoms with Crippen molar-refractivity contribution in [2.75, 3.05) is 0 Å². The highest BCUT2D eigenvalue weighted by Crippen LogP contribution is 2.32. The molecule has 144 valence electrons. The smallest absolute Gasteiger partial charge is 0.226 e. The second-order valence-electron chi connectivity index (χ2n) is 8.14. The van der Waals surface area contributed by atoms with Crippen molar-refractivity contribution in [3.8, 4) is 0 Å². The first-order valence-electron chi connectivity index (χ1n) is 10.4. The first-order chi connectivity index (χ1) is 13.2. The van der Waals surface area contributed by atoms with Crippen LogP contribution >= 0.6 is 0 Å². The largest absolute Gasteiger partial charge is 0.345 e. The topological polar surface area (TPSA) is 25.2 Å². The lowest BCUT2D eigenvalue weighted by atomic mass is 9.83. The molecule has 0 atom stereocenters. The number of carbonyl (C=O) groups is 1. The average molecular weight is 368 g/mol. The number of halogens is 1. The van der Waals surface area contributed by atoms with Crippen molar-refractivity contribution in [2.24, 2.45) is 5.92 Å². The number of aromatic nitrogens is 1. The second kappa shape index (κ2) is 8.28. The Kier molecular flexibility index (Phi) is 5.61. The van der Waals surface area contributed by atoms with Gasteiger partial charge in [-0.05, 0) is 55.5 Å². The predicted molar refractivity (Wildman–Crippen MR) is 105 cm³/mol. The number of rotatable bonds is 6. The minimum absolute atomic E-state index is 0.204. The lowest BCUT2D eigenvalue weighted by Crippen LogP contribution is -2.45. The van der Waals surface area contributed by atoms with Crippen LogP contribution in [0.25, 0.3) is 0 Å². The fraction of sp³-hybridized carbons (Fsp3) is 0.522. The summed E-state index contributed by atoms with van der Waals surface area (Å²) in [6.45, 7) is 1.30. The van der Waals surface area contributed by atoms with Crippen LogP contribution in [-0.2, 0) is 17.9 Å². The molecule has 0 aliphatic heterocycles. The normalized spacial score (nSPS) is 18.3. The van der Waals surface area contributed by atoms with Crippen molar-refractivity contribution in [3.05, 3.63) is 59.7 Å². The van der Waals surface area contributed by atoms with Crippen LogP contribution in [-0.4, -0.2) is 21.4 Å². The fourth-order valence-electron chi connectivity index (χ4n) is 4.42. The summed E-state index contributed by atoms with van der Waals surface area (Å²) >= 11 is 0. The molecule has 2 aliphatic carbocycles. The highest BCUT2D eigenvalue weighted by atomic mass is 19.1. The van der Waals surface area contributed by atoms with Gasteiger partial charge in [0.15, 0.2) is 0 Å². The minimum Gasteiger partial charge on any atom is -0.345 e. The Bertz CT molecular complexity index is 774. The van der Waals surface area contributed by atoms with E-state index in [1.165, 1.54) is 31.7 Å². The van der Waals surface area contributed by atoms with E-state index in [1.807, 2.05) is 18.3 Å². The summed E-state index contributed by atoms with van der Waals surface area (Å²) < 4.78 is 15.7. The van der Waals surface area contributed by atoms with Crippen molar-refractivity contribution < 1.29 is 9.18 Å². The molecule has 1 amide bonds. The van der Waals surface area contributed by atoms with Crippen LogP contribution in [0.1, 0.15) is 62.6 Å². The highest BCUT2D eigenvalue weighted by Gasteiger charge is 2.34. The summed E-state index contributed by atoms with van der Waals surface area (Å²) in [5, 5.41) is 0. The van der Waals surface area contributed by atoms with E-state index in [4.69, 9.17) is 0 Å². The molecular formula is C23H29FN2O. The number of amides is 1. The SMILES string of the molecule is O=C(C1CCC1)N(Cc1cccn1Cc1cccc(F)c1)C1CCCCC1. The monoisotopic (exact) mass is 368 g/mol. The molecule has 2 saturated carbocycles. The summed E-state index contributed by atoms with van der Waals surface area (Å²) in [6, 6.07) is 11.3. The van der Waals surface area contributed by atoms with Gasteiger partial charge < -0.3 is 9.47 Å². The van der Waals surface area contributed by atoms with E-state index in [9.17, 15) is 9.18 Å². The summed E-state index contributed by atoms with van der Waals surface area (Å²) in [6.07, 6.45) is 11.3. The van der Waals surface area contributed by atoms with Gasteiger partial charge in [0.05, 0.1) is 6.54 Å². The highest BCUT2D eigenvalue weighted by molar-refractivity contribution is 5.80. The molecule has 1 heterocycles. The zero-order valence-corrected chi connectivity index (χ0v) is 15.9. The van der Waals surface area contributed by atoms with Crippen molar-refractivity contribution in [1.29, 1.82) is 0 Å². The maximum atomic E-state index is 13.5. The molecule has 3 nitrogen and oxygen atoms in total. The van der Waals surface area contributed by atoms with Gasteiger partial charge in [-0.25, -0.2) is 4.39 Å². The third-order valence-corrected chi connectivity index (χ3v) is 6.25. The third-order valence-electron chi connectivity index (χ3n) is 6.25. The molecule has 0 saturated heterocycles. The van der Waals surface area contributed by atoms with Gasteiger partial charge in [-0.3, -0.25) is 4.79 Å². The van der Waals surface area contributed by atoms with Gasteiger partial charge in [0, 0.05) is 30.4 Å². The van der Waals surface area contributed by atoms with Gasteiger partial charge in [-0.1, -0.05) is 37.8 Å². The molecule has 0 bridgehead atoms. The molecule has 2 fully saturated rings. The number of carbonyl (C=O) groups excluding carboxylic acids is 1. The lowest BCUT2D eigenvalue weighted by molar-refractivity contribution is -0.142. The van der Waals surface area contributed by atoms with Crippen molar-refractivity contribution in [3.63, 3.8) is 0 Å². The molecule has 0 radical (unpaired) electrons. The maximum absolute atomic E-state index is 13.5. The van der Waals surface area contributed by atoms with Gasteiger partial charge in [-0.15, -0.1) is 0 Å². The van der Waals surface area contributed by atoms with Crippen LogP contribution in [0.2, 0.25) is 0 Å². The van der Waals surface area contributed by atoms with Crippen LogP contribution in [0.15, 0.2) is 42.6 Å². The molecule has 1 aromatic carbocycles. The fourth-order valence-corrected chi connectivity index (χ4v) is 4.42. The van der Waals surface area contributed by atoms with Crippen LogP contribution in [0.3, 0.4) is 0 Å². The zero-order chi connectivity index (χ0) is 18.6. The molecular weight excluding hydrogens is 339 g/mol. The molecule has 0 unspecified atom stereocenters. The van der Waals surface area contributed by atoms with Crippen LogP contribution in [0, 0.1) is 11.7 Å². The van der Waals surface area contributed by atoms with Crippen LogP contribution < -0.4 is 0 Å². The lowest BCUT2D eigenvalue weighted by Gasteiger charge is -2.39. The van der Waals surface area contributed by atoms with Crippen LogP contribution in [0.5, 0.6) is 0 Å². The number of benzene rings is 1. The first kappa shape index (κ1) is 18.3. The molecule has 4 heteroatoms. The number of nitrogens with zero attached hydrogens (tertiary/aromatic N) is 2. The predicted octanol–water partition coefficient (Wildman–Crippen LogP) is 5.14. The first-order valence-corrected chi connectivity index (χ1v) is 10.4. The summed E-state index contributed by atoms with van der Waals surface area (Å²) in [5.74, 6) is 0.385. The van der Waals surface area contributed by atoms with Gasteiger partial charge in [-0.2, -0.15) is 0 Å². The van der Waals surface area contributed by atoms with E-state index in [0.717, 1.165) is 36.9 Å². The Hall–Kier alpha value is -2.10. The number of hydrogen-bond acceptors (Lipinski definition) is 1. The van der Waals surface area contributed by atoms with E-state index >= 15 is 0 Å². The zero-order valence-electron chi connectivity index (χ0n) is 15.9. The third kappa shape index (κ3) is 4.26. The van der Waals surface area contributed by atoms with Crippen LogP contribution in [0.4, 0.5) is 4.39 Å². The van der Waals surface area contributed by atoms with E-state index in [0.29, 0.717) is 25.0 Å². The van der Waals surface area contributed by atoms with E-state index in [2.05, 4.69) is 15.5 Å². The molecule has 1 aromatic heterocycles. The Balaban J connectivity index is 1.52. The standard InChI is InChI=1S/C23H29FN2O/c24-20-10-4-7-18(15-20)16-25-14-6-13-22(25)17-26(21-11-2-1-3-12-21)23(27)19-8-5-9-19/h4,6-7,10,13-15,19,21H,1-3,5,8-9,11-12,16-17H2. The van der Waals surface area contributed by atoms with Crippen molar-refractivity contribution in [2.45, 2.75) is 70.5 Å². The molecule has 0 N–H and O–H groups in total. The van der Waals surface area contributed by atoms with E-state index < -0.39 is 0 Å². The van der Waals surface area contributed by atoms with E-state index in [1.54, 1.807) is 12.1 Å². The molecule has 4 rings (SSSR count). The van der Waals surface area contributed by atoms with Crippen molar-refractivity contribution in [1.82, 2.24) is 9.47 Å². The quantitative estimate of drug-likeness (QED) is 0.693. The van der Waals surface area contributed by atoms with Crippen molar-refractivity contribution >= 4 is 5.91 Å². The molecule has 0 spiro atoms. The Morgan fingerprint density at radius 3 is 2.56 bits per heavy atom. The Morgan fingerprint density at radius 1 is 1.04 bits per heavy atom. The van der Waals surface area contributed by atoms with E-state index in [-0.39, 0.29) is 11.7 Å². The maximum Gasteiger partial charge on any atom is 0.226 e. The van der Waals surface area contributed by atoms with Gasteiger partial charge in [0.25, 0.3) is 0 Å². The average Bonchev–Trinajstić information content (AvgIpc) is 3.05. The van der Waals surface area contributed by atoms with Gasteiger partial charge in [0.2, 0.25) is 5.91 Å². The number of hydrogen-bond donors (Lipinski definition) is 0. The molecule has 2 aliphatic rings. The minimum atomic E-state index is -0.204. The summed E-state index contributed by atoms with van der Waals surface area (Å²) in [4.78, 5) is 15.3. The molecule has 2 aromatic rings. The Labute approximate surface area is 161 Å². The molecule has 27 heavy (non-hydrogen) atoms. The van der Waals surface area contributed by atoms with Gasteiger partial charge >= 0.3 is 0 Å². The summed E-state index contributed by atoms with van der Waals surface area (Å²) in [5.41, 5.74) is 2.08. The van der Waals surface area contributed by atoms with Gasteiger partial charge in [0.1, 0.15) is 5.82 Å². The second-order valence-corrected chi connectivity index (χ2v) is 8.14. The Morgan fingerprint density at radius 2 is 1.85 bits per heavy atom.